The average molecular weight is 240 g/mol. The number of nitrogens with zero attached hydrogens (tertiary/aromatic N) is 3. The molecule has 1 aromatic rings. The SMILES string of the molecule is COC1(CNCc2nnc(C)n2C)CCOC1. The standard InChI is InChI=1S/C11H20N4O2/c1-9-13-14-10(15(9)2)6-12-7-11(16-3)4-5-17-8-11/h12H,4-8H2,1-3H3. The summed E-state index contributed by atoms with van der Waals surface area (Å²) in [6, 6.07) is 0. The third-order valence-corrected chi connectivity index (χ3v) is 3.41. The van der Waals surface area contributed by atoms with Crippen molar-refractivity contribution in [2.75, 3.05) is 26.9 Å². The van der Waals surface area contributed by atoms with Gasteiger partial charge in [0.2, 0.25) is 0 Å². The molecule has 1 atom stereocenters. The Kier molecular flexibility index (Phi) is 3.76. The quantitative estimate of drug-likeness (QED) is 0.786. The van der Waals surface area contributed by atoms with E-state index < -0.39 is 0 Å². The van der Waals surface area contributed by atoms with Crippen molar-refractivity contribution in [1.82, 2.24) is 20.1 Å². The highest BCUT2D eigenvalue weighted by Gasteiger charge is 2.34. The molecule has 2 rings (SSSR count). The molecule has 6 heteroatoms. The lowest BCUT2D eigenvalue weighted by Crippen LogP contribution is -2.43. The Labute approximate surface area is 101 Å². The lowest BCUT2D eigenvalue weighted by Gasteiger charge is -2.25. The van der Waals surface area contributed by atoms with Gasteiger partial charge in [-0.2, -0.15) is 0 Å². The van der Waals surface area contributed by atoms with Crippen molar-refractivity contribution in [3.8, 4) is 0 Å². The molecular weight excluding hydrogens is 220 g/mol. The van der Waals surface area contributed by atoms with Crippen LogP contribution in [0.2, 0.25) is 0 Å². The number of aryl methyl sites for hydroxylation is 1. The first-order valence-corrected chi connectivity index (χ1v) is 5.85. The molecule has 6 nitrogen and oxygen atoms in total. The van der Waals surface area contributed by atoms with Crippen molar-refractivity contribution in [3.63, 3.8) is 0 Å². The molecule has 0 radical (unpaired) electrons. The number of hydrogen-bond acceptors (Lipinski definition) is 5. The van der Waals surface area contributed by atoms with Gasteiger partial charge in [0.1, 0.15) is 17.2 Å². The molecule has 1 aromatic heterocycles. The highest BCUT2D eigenvalue weighted by atomic mass is 16.5. The summed E-state index contributed by atoms with van der Waals surface area (Å²) in [5.74, 6) is 1.86. The van der Waals surface area contributed by atoms with Gasteiger partial charge in [-0.3, -0.25) is 0 Å². The molecular formula is C11H20N4O2. The van der Waals surface area contributed by atoms with Gasteiger partial charge in [0.25, 0.3) is 0 Å². The average Bonchev–Trinajstić information content (AvgIpc) is 2.92. The van der Waals surface area contributed by atoms with Gasteiger partial charge in [-0.1, -0.05) is 0 Å². The second kappa shape index (κ2) is 5.12. The minimum atomic E-state index is -0.173. The Bertz CT molecular complexity index is 372. The third kappa shape index (κ3) is 2.65. The van der Waals surface area contributed by atoms with Crippen molar-refractivity contribution in [2.45, 2.75) is 25.5 Å². The first-order chi connectivity index (χ1) is 8.17. The zero-order chi connectivity index (χ0) is 12.3. The Morgan fingerprint density at radius 1 is 1.53 bits per heavy atom. The maximum Gasteiger partial charge on any atom is 0.146 e. The normalized spacial score (nSPS) is 24.4. The summed E-state index contributed by atoms with van der Waals surface area (Å²) in [5, 5.41) is 11.5. The molecule has 0 saturated carbocycles. The first kappa shape index (κ1) is 12.5. The molecule has 1 aliphatic rings. The lowest BCUT2D eigenvalue weighted by atomic mass is 10.0. The zero-order valence-corrected chi connectivity index (χ0v) is 10.7. The summed E-state index contributed by atoms with van der Waals surface area (Å²) in [6.45, 7) is 4.85. The minimum absolute atomic E-state index is 0.173. The summed E-state index contributed by atoms with van der Waals surface area (Å²) < 4.78 is 12.9. The Morgan fingerprint density at radius 2 is 2.35 bits per heavy atom. The lowest BCUT2D eigenvalue weighted by molar-refractivity contribution is -0.0160. The van der Waals surface area contributed by atoms with Gasteiger partial charge in [-0.05, 0) is 6.92 Å². The fourth-order valence-electron chi connectivity index (χ4n) is 1.97. The fraction of sp³-hybridized carbons (Fsp3) is 0.818. The minimum Gasteiger partial charge on any atom is -0.378 e. The van der Waals surface area contributed by atoms with Gasteiger partial charge in [-0.15, -0.1) is 10.2 Å². The van der Waals surface area contributed by atoms with E-state index in [1.54, 1.807) is 7.11 Å². The van der Waals surface area contributed by atoms with E-state index in [1.165, 1.54) is 0 Å². The predicted octanol–water partition coefficient (Wildman–Crippen LogP) is 0.0186. The maximum atomic E-state index is 5.54. The highest BCUT2D eigenvalue weighted by Crippen LogP contribution is 2.21. The number of hydrogen-bond donors (Lipinski definition) is 1. The third-order valence-electron chi connectivity index (χ3n) is 3.41. The molecule has 1 saturated heterocycles. The molecule has 0 aromatic carbocycles. The molecule has 0 spiro atoms. The van der Waals surface area contributed by atoms with Crippen molar-refractivity contribution in [2.24, 2.45) is 7.05 Å². The van der Waals surface area contributed by atoms with E-state index in [0.29, 0.717) is 13.2 Å². The van der Waals surface area contributed by atoms with Gasteiger partial charge in [0.15, 0.2) is 0 Å². The predicted molar refractivity (Wildman–Crippen MR) is 62.6 cm³/mol. The molecule has 1 fully saturated rings. The van der Waals surface area contributed by atoms with Gasteiger partial charge in [0.05, 0.1) is 13.2 Å². The molecule has 1 N–H and O–H groups in total. The smallest absolute Gasteiger partial charge is 0.146 e. The van der Waals surface area contributed by atoms with E-state index in [9.17, 15) is 0 Å². The monoisotopic (exact) mass is 240 g/mol. The topological polar surface area (TPSA) is 61.2 Å². The molecule has 2 heterocycles. The van der Waals surface area contributed by atoms with E-state index in [1.807, 2.05) is 18.5 Å². The van der Waals surface area contributed by atoms with Crippen LogP contribution in [0.4, 0.5) is 0 Å². The number of rotatable bonds is 5. The van der Waals surface area contributed by atoms with E-state index in [2.05, 4.69) is 15.5 Å². The van der Waals surface area contributed by atoms with Crippen LogP contribution in [0.25, 0.3) is 0 Å². The number of ether oxygens (including phenoxy) is 2. The van der Waals surface area contributed by atoms with Crippen molar-refractivity contribution >= 4 is 0 Å². The molecule has 0 amide bonds. The Balaban J connectivity index is 1.85. The second-order valence-electron chi connectivity index (χ2n) is 4.52. The number of aromatic nitrogens is 3. The summed E-state index contributed by atoms with van der Waals surface area (Å²) >= 11 is 0. The van der Waals surface area contributed by atoms with Gasteiger partial charge in [-0.25, -0.2) is 0 Å². The van der Waals surface area contributed by atoms with E-state index in [0.717, 1.165) is 31.2 Å². The molecule has 1 aliphatic heterocycles. The summed E-state index contributed by atoms with van der Waals surface area (Å²) in [4.78, 5) is 0. The van der Waals surface area contributed by atoms with Crippen LogP contribution in [0.5, 0.6) is 0 Å². The van der Waals surface area contributed by atoms with E-state index in [4.69, 9.17) is 9.47 Å². The van der Waals surface area contributed by atoms with Gasteiger partial charge >= 0.3 is 0 Å². The number of methoxy groups -OCH3 is 1. The van der Waals surface area contributed by atoms with Crippen LogP contribution in [0.3, 0.4) is 0 Å². The second-order valence-corrected chi connectivity index (χ2v) is 4.52. The van der Waals surface area contributed by atoms with Crippen molar-refractivity contribution in [1.29, 1.82) is 0 Å². The molecule has 0 bridgehead atoms. The van der Waals surface area contributed by atoms with Crippen LogP contribution in [-0.4, -0.2) is 47.2 Å². The molecule has 96 valence electrons. The largest absolute Gasteiger partial charge is 0.378 e. The Morgan fingerprint density at radius 3 is 2.88 bits per heavy atom. The molecule has 17 heavy (non-hydrogen) atoms. The van der Waals surface area contributed by atoms with Crippen LogP contribution in [-0.2, 0) is 23.1 Å². The first-order valence-electron chi connectivity index (χ1n) is 5.85. The van der Waals surface area contributed by atoms with Crippen LogP contribution in [0.1, 0.15) is 18.1 Å². The van der Waals surface area contributed by atoms with Crippen LogP contribution in [0, 0.1) is 6.92 Å². The number of nitrogens with one attached hydrogen (secondary N) is 1. The van der Waals surface area contributed by atoms with E-state index in [-0.39, 0.29) is 5.60 Å². The summed E-state index contributed by atoms with van der Waals surface area (Å²) in [5.41, 5.74) is -0.173. The van der Waals surface area contributed by atoms with Crippen LogP contribution >= 0.6 is 0 Å². The van der Waals surface area contributed by atoms with Crippen LogP contribution < -0.4 is 5.32 Å². The van der Waals surface area contributed by atoms with E-state index >= 15 is 0 Å². The molecule has 1 unspecified atom stereocenters. The summed E-state index contributed by atoms with van der Waals surface area (Å²) in [7, 11) is 3.71. The highest BCUT2D eigenvalue weighted by molar-refractivity contribution is 4.93. The fourth-order valence-corrected chi connectivity index (χ4v) is 1.97. The molecule has 0 aliphatic carbocycles. The Hall–Kier alpha value is -0.980. The zero-order valence-electron chi connectivity index (χ0n) is 10.7. The van der Waals surface area contributed by atoms with Crippen molar-refractivity contribution < 1.29 is 9.47 Å². The van der Waals surface area contributed by atoms with Crippen LogP contribution in [0.15, 0.2) is 0 Å². The summed E-state index contributed by atoms with van der Waals surface area (Å²) in [6.07, 6.45) is 0.939. The van der Waals surface area contributed by atoms with Gasteiger partial charge < -0.3 is 19.4 Å². The maximum absolute atomic E-state index is 5.54. The van der Waals surface area contributed by atoms with Crippen molar-refractivity contribution in [3.05, 3.63) is 11.6 Å². The van der Waals surface area contributed by atoms with Gasteiger partial charge in [0, 0.05) is 33.7 Å².